The van der Waals surface area contributed by atoms with Gasteiger partial charge in [-0.15, -0.1) is 0 Å². The number of hydrogen-bond donors (Lipinski definition) is 0. The van der Waals surface area contributed by atoms with Gasteiger partial charge in [0.1, 0.15) is 0 Å². The molecular formula is C20H25NOSe. The summed E-state index contributed by atoms with van der Waals surface area (Å²) in [7, 11) is 0. The average Bonchev–Trinajstić information content (AvgIpc) is 2.56. The van der Waals surface area contributed by atoms with Crippen LogP contribution in [0.5, 0.6) is 0 Å². The first-order valence-electron chi connectivity index (χ1n) is 8.15. The number of benzene rings is 2. The van der Waals surface area contributed by atoms with Crippen LogP contribution in [0.4, 0.5) is 5.69 Å². The summed E-state index contributed by atoms with van der Waals surface area (Å²) in [5.74, 6) is 0. The van der Waals surface area contributed by atoms with E-state index in [4.69, 9.17) is 9.73 Å². The first kappa shape index (κ1) is 17.8. The van der Waals surface area contributed by atoms with Gasteiger partial charge in [-0.3, -0.25) is 0 Å². The molecule has 0 bridgehead atoms. The Morgan fingerprint density at radius 1 is 1.00 bits per heavy atom. The molecule has 2 nitrogen and oxygen atoms in total. The van der Waals surface area contributed by atoms with Crippen LogP contribution in [-0.4, -0.2) is 19.8 Å². The summed E-state index contributed by atoms with van der Waals surface area (Å²) < 4.78 is 6.07. The molecule has 0 saturated heterocycles. The zero-order chi connectivity index (χ0) is 16.5. The molecular weight excluding hydrogens is 349 g/mol. The zero-order valence-electron chi connectivity index (χ0n) is 14.2. The molecule has 0 amide bonds. The molecule has 3 heteroatoms. The third-order valence-corrected chi connectivity index (χ3v) is 5.56. The molecule has 0 radical (unpaired) electrons. The van der Waals surface area contributed by atoms with Gasteiger partial charge in [0.25, 0.3) is 0 Å². The molecule has 0 saturated carbocycles. The summed E-state index contributed by atoms with van der Waals surface area (Å²) in [6.45, 7) is 7.04. The van der Waals surface area contributed by atoms with Gasteiger partial charge in [-0.1, -0.05) is 0 Å². The fraction of sp³-hybridized carbons (Fsp3) is 0.350. The standard InChI is InChI=1S/C20H25NOSe/c1-4-5-14-23-20(22-15-18-12-7-6-8-13-18)21-19-16(2)10-9-11-17(19)3/h6-13H,4-5,14-15H2,1-3H3. The summed E-state index contributed by atoms with van der Waals surface area (Å²) in [5.41, 5.74) is 4.66. The van der Waals surface area contributed by atoms with Crippen LogP contribution in [0.1, 0.15) is 36.5 Å². The third-order valence-electron chi connectivity index (χ3n) is 3.57. The number of ether oxygens (including phenoxy) is 1. The predicted octanol–water partition coefficient (Wildman–Crippen LogP) is 5.43. The van der Waals surface area contributed by atoms with Crippen LogP contribution in [0.15, 0.2) is 53.5 Å². The number of para-hydroxylation sites is 1. The molecule has 0 fully saturated rings. The zero-order valence-corrected chi connectivity index (χ0v) is 15.9. The van der Waals surface area contributed by atoms with E-state index in [9.17, 15) is 0 Å². The van der Waals surface area contributed by atoms with Gasteiger partial charge in [-0.05, 0) is 0 Å². The van der Waals surface area contributed by atoms with Crippen LogP contribution in [0.3, 0.4) is 0 Å². The Labute approximate surface area is 146 Å². The van der Waals surface area contributed by atoms with Crippen molar-refractivity contribution in [2.45, 2.75) is 45.5 Å². The predicted molar refractivity (Wildman–Crippen MR) is 99.7 cm³/mol. The van der Waals surface area contributed by atoms with Crippen molar-refractivity contribution >= 4 is 25.4 Å². The second-order valence-corrected chi connectivity index (χ2v) is 7.79. The number of nitrogens with zero attached hydrogens (tertiary/aromatic N) is 1. The molecule has 0 aromatic heterocycles. The van der Waals surface area contributed by atoms with Crippen LogP contribution in [0.25, 0.3) is 0 Å². The number of hydrogen-bond acceptors (Lipinski definition) is 2. The molecule has 0 unspecified atom stereocenters. The maximum atomic E-state index is 6.07. The molecule has 0 aliphatic rings. The average molecular weight is 374 g/mol. The molecule has 0 atom stereocenters. The van der Waals surface area contributed by atoms with Crippen LogP contribution in [-0.2, 0) is 11.3 Å². The molecule has 0 aliphatic heterocycles. The Kier molecular flexibility index (Phi) is 7.38. The Balaban J connectivity index is 2.14. The first-order valence-corrected chi connectivity index (χ1v) is 10.2. The summed E-state index contributed by atoms with van der Waals surface area (Å²) in [5, 5.41) is 1.18. The Bertz CT molecular complexity index is 617. The van der Waals surface area contributed by atoms with Crippen molar-refractivity contribution in [3.63, 3.8) is 0 Å². The second-order valence-electron chi connectivity index (χ2n) is 5.59. The quantitative estimate of drug-likeness (QED) is 0.274. The van der Waals surface area contributed by atoms with E-state index in [1.807, 2.05) is 18.2 Å². The molecule has 0 spiro atoms. The van der Waals surface area contributed by atoms with E-state index in [2.05, 4.69) is 51.1 Å². The van der Waals surface area contributed by atoms with E-state index in [1.54, 1.807) is 0 Å². The molecule has 0 N–H and O–H groups in total. The van der Waals surface area contributed by atoms with E-state index >= 15 is 0 Å². The Hall–Kier alpha value is -1.57. The number of rotatable bonds is 7. The summed E-state index contributed by atoms with van der Waals surface area (Å²) in [6.07, 6.45) is 2.46. The SMILES string of the molecule is CCCC[Se]C(=Nc1c(C)cccc1C)OCc1ccccc1. The monoisotopic (exact) mass is 375 g/mol. The van der Waals surface area contributed by atoms with Gasteiger partial charge < -0.3 is 0 Å². The van der Waals surface area contributed by atoms with E-state index in [0.29, 0.717) is 21.6 Å². The van der Waals surface area contributed by atoms with Gasteiger partial charge >= 0.3 is 146 Å². The van der Waals surface area contributed by atoms with Crippen LogP contribution in [0, 0.1) is 13.8 Å². The number of aryl methyl sites for hydroxylation is 2. The Morgan fingerprint density at radius 3 is 2.35 bits per heavy atom. The number of unbranched alkanes of at least 4 members (excludes halogenated alkanes) is 1. The minimum atomic E-state index is 0.291. The summed E-state index contributed by atoms with van der Waals surface area (Å²) in [4.78, 5) is 5.78. The molecule has 0 heterocycles. The van der Waals surface area contributed by atoms with Gasteiger partial charge in [0.05, 0.1) is 0 Å². The first-order chi connectivity index (χ1) is 11.2. The summed E-state index contributed by atoms with van der Waals surface area (Å²) >= 11 is 0.291. The van der Waals surface area contributed by atoms with Gasteiger partial charge in [0.15, 0.2) is 0 Å². The van der Waals surface area contributed by atoms with Gasteiger partial charge in [0.2, 0.25) is 0 Å². The maximum absolute atomic E-state index is 6.07. The van der Waals surface area contributed by atoms with Crippen LogP contribution in [0.2, 0.25) is 5.32 Å². The molecule has 2 aromatic rings. The normalized spacial score (nSPS) is 11.5. The number of aliphatic imine (C=N–C) groups is 1. The van der Waals surface area contributed by atoms with Crippen molar-refractivity contribution in [3.8, 4) is 0 Å². The van der Waals surface area contributed by atoms with E-state index in [1.165, 1.54) is 34.9 Å². The van der Waals surface area contributed by atoms with Crippen molar-refractivity contribution < 1.29 is 4.74 Å². The summed E-state index contributed by atoms with van der Waals surface area (Å²) in [6, 6.07) is 16.6. The molecule has 2 rings (SSSR count). The minimum absolute atomic E-state index is 0.291. The van der Waals surface area contributed by atoms with Crippen molar-refractivity contribution in [1.29, 1.82) is 0 Å². The van der Waals surface area contributed by atoms with Crippen molar-refractivity contribution in [2.24, 2.45) is 4.99 Å². The van der Waals surface area contributed by atoms with Crippen molar-refractivity contribution in [1.82, 2.24) is 0 Å². The van der Waals surface area contributed by atoms with Crippen LogP contribution < -0.4 is 0 Å². The molecule has 0 aliphatic carbocycles. The fourth-order valence-electron chi connectivity index (χ4n) is 2.20. The van der Waals surface area contributed by atoms with Crippen molar-refractivity contribution in [3.05, 3.63) is 65.2 Å². The van der Waals surface area contributed by atoms with E-state index in [-0.39, 0.29) is 0 Å². The topological polar surface area (TPSA) is 21.6 Å². The van der Waals surface area contributed by atoms with Gasteiger partial charge in [-0.25, -0.2) is 0 Å². The van der Waals surface area contributed by atoms with Gasteiger partial charge in [-0.2, -0.15) is 0 Å². The fourth-order valence-corrected chi connectivity index (χ4v) is 4.10. The molecule has 2 aromatic carbocycles. The van der Waals surface area contributed by atoms with E-state index in [0.717, 1.165) is 10.5 Å². The molecule has 23 heavy (non-hydrogen) atoms. The van der Waals surface area contributed by atoms with Crippen LogP contribution >= 0.6 is 0 Å². The second kappa shape index (κ2) is 9.54. The molecule has 122 valence electrons. The Morgan fingerprint density at radius 2 is 1.70 bits per heavy atom. The van der Waals surface area contributed by atoms with Crippen molar-refractivity contribution in [2.75, 3.05) is 0 Å². The van der Waals surface area contributed by atoms with Gasteiger partial charge in [0, 0.05) is 0 Å². The van der Waals surface area contributed by atoms with E-state index < -0.39 is 0 Å². The third kappa shape index (κ3) is 5.85.